The molecule has 6 aromatic carbocycles. The van der Waals surface area contributed by atoms with E-state index in [1.807, 2.05) is 85.1 Å². The summed E-state index contributed by atoms with van der Waals surface area (Å²) in [5.41, 5.74) is 11.1. The molecule has 0 saturated carbocycles. The van der Waals surface area contributed by atoms with Crippen LogP contribution in [0.4, 0.5) is 0 Å². The fraction of sp³-hybridized carbons (Fsp3) is 0. The van der Waals surface area contributed by atoms with Crippen molar-refractivity contribution in [2.45, 2.75) is 0 Å². The second kappa shape index (κ2) is 10.0. The summed E-state index contributed by atoms with van der Waals surface area (Å²) in [4.78, 5) is 20.1. The Labute approximate surface area is 269 Å². The number of benzene rings is 6. The third-order valence-corrected chi connectivity index (χ3v) is 9.15. The topological polar surface area (TPSA) is 64.7 Å². The Morgan fingerprint density at radius 2 is 0.936 bits per heavy atom. The lowest BCUT2D eigenvalue weighted by molar-refractivity contribution is 0.669. The van der Waals surface area contributed by atoms with E-state index in [4.69, 9.17) is 24.4 Å². The second-order valence-corrected chi connectivity index (χ2v) is 11.8. The van der Waals surface area contributed by atoms with Gasteiger partial charge < -0.3 is 4.42 Å². The molecule has 0 bridgehead atoms. The van der Waals surface area contributed by atoms with Crippen LogP contribution in [0.25, 0.3) is 100 Å². The molecule has 0 N–H and O–H groups in total. The summed E-state index contributed by atoms with van der Waals surface area (Å²) in [7, 11) is 0. The Bertz CT molecular complexity index is 2590. The lowest BCUT2D eigenvalue weighted by Gasteiger charge is -2.12. The monoisotopic (exact) mass is 600 g/mol. The van der Waals surface area contributed by atoms with Crippen LogP contribution in [0.1, 0.15) is 0 Å². The van der Waals surface area contributed by atoms with Gasteiger partial charge in [0.25, 0.3) is 0 Å². The first-order valence-electron chi connectivity index (χ1n) is 15.7. The van der Waals surface area contributed by atoms with Gasteiger partial charge in [-0.2, -0.15) is 0 Å². The van der Waals surface area contributed by atoms with E-state index in [0.29, 0.717) is 23.2 Å². The van der Waals surface area contributed by atoms with E-state index in [2.05, 4.69) is 60.7 Å². The van der Waals surface area contributed by atoms with Gasteiger partial charge in [-0.05, 0) is 44.7 Å². The first kappa shape index (κ1) is 25.8. The van der Waals surface area contributed by atoms with Crippen molar-refractivity contribution < 1.29 is 4.42 Å². The van der Waals surface area contributed by atoms with Crippen LogP contribution in [-0.4, -0.2) is 19.9 Å². The van der Waals surface area contributed by atoms with Gasteiger partial charge in [0.2, 0.25) is 0 Å². The summed E-state index contributed by atoms with van der Waals surface area (Å²) in [6.45, 7) is 0. The molecule has 0 spiro atoms. The van der Waals surface area contributed by atoms with Crippen molar-refractivity contribution in [2.75, 3.05) is 0 Å². The lowest BCUT2D eigenvalue weighted by atomic mass is 9.94. The number of para-hydroxylation sites is 1. The minimum atomic E-state index is 0.497. The molecule has 0 unspecified atom stereocenters. The summed E-state index contributed by atoms with van der Waals surface area (Å²) >= 11 is 0. The molecule has 5 nitrogen and oxygen atoms in total. The van der Waals surface area contributed by atoms with E-state index in [0.717, 1.165) is 44.2 Å². The SMILES string of the molecule is c1ccc(-c2nc(-c3ccccc3)nc(-c3ncc(-c4ccc5c6c(cccc46)-c4ccccc4-5)c4oc5ccccc5c34)n2)cc1. The smallest absolute Gasteiger partial charge is 0.183 e. The molecule has 5 heteroatoms. The third-order valence-electron chi connectivity index (χ3n) is 9.15. The summed E-state index contributed by atoms with van der Waals surface area (Å²) in [5.74, 6) is 1.68. The first-order valence-corrected chi connectivity index (χ1v) is 15.7. The Morgan fingerprint density at radius 3 is 1.66 bits per heavy atom. The molecule has 0 atom stereocenters. The van der Waals surface area contributed by atoms with Gasteiger partial charge in [-0.25, -0.2) is 15.0 Å². The number of hydrogen-bond acceptors (Lipinski definition) is 5. The van der Waals surface area contributed by atoms with E-state index in [-0.39, 0.29) is 0 Å². The molecule has 3 aromatic heterocycles. The highest BCUT2D eigenvalue weighted by molar-refractivity contribution is 6.21. The van der Waals surface area contributed by atoms with Gasteiger partial charge in [0.05, 0.1) is 5.39 Å². The van der Waals surface area contributed by atoms with Crippen molar-refractivity contribution in [3.8, 4) is 67.7 Å². The molecule has 0 amide bonds. The molecular weight excluding hydrogens is 576 g/mol. The minimum absolute atomic E-state index is 0.497. The maximum Gasteiger partial charge on any atom is 0.183 e. The number of fused-ring (bicyclic) bond motifs is 6. The first-order chi connectivity index (χ1) is 23.3. The van der Waals surface area contributed by atoms with Crippen LogP contribution in [0.15, 0.2) is 150 Å². The zero-order chi connectivity index (χ0) is 30.9. The number of aromatic nitrogens is 4. The highest BCUT2D eigenvalue weighted by Gasteiger charge is 2.26. The lowest BCUT2D eigenvalue weighted by Crippen LogP contribution is -2.01. The Hall–Kier alpha value is -6.46. The van der Waals surface area contributed by atoms with Gasteiger partial charge in [0.1, 0.15) is 16.9 Å². The molecule has 0 fully saturated rings. The molecule has 3 heterocycles. The van der Waals surface area contributed by atoms with E-state index < -0.39 is 0 Å². The predicted octanol–water partition coefficient (Wildman–Crippen LogP) is 10.6. The van der Waals surface area contributed by atoms with Crippen LogP contribution in [0.2, 0.25) is 0 Å². The number of nitrogens with zero attached hydrogens (tertiary/aromatic N) is 4. The predicted molar refractivity (Wildman–Crippen MR) is 189 cm³/mol. The largest absolute Gasteiger partial charge is 0.455 e. The quantitative estimate of drug-likeness (QED) is 0.201. The minimum Gasteiger partial charge on any atom is -0.455 e. The van der Waals surface area contributed by atoms with Crippen LogP contribution < -0.4 is 0 Å². The highest BCUT2D eigenvalue weighted by atomic mass is 16.3. The van der Waals surface area contributed by atoms with Gasteiger partial charge in [-0.1, -0.05) is 133 Å². The van der Waals surface area contributed by atoms with Crippen molar-refractivity contribution in [3.63, 3.8) is 0 Å². The average Bonchev–Trinajstić information content (AvgIpc) is 3.70. The summed E-state index contributed by atoms with van der Waals surface area (Å²) in [5, 5.41) is 4.28. The molecule has 0 saturated heterocycles. The summed E-state index contributed by atoms with van der Waals surface area (Å²) in [6.07, 6.45) is 1.92. The van der Waals surface area contributed by atoms with Crippen LogP contribution >= 0.6 is 0 Å². The number of furan rings is 1. The molecule has 47 heavy (non-hydrogen) atoms. The number of hydrogen-bond donors (Lipinski definition) is 0. The van der Waals surface area contributed by atoms with Gasteiger partial charge >= 0.3 is 0 Å². The van der Waals surface area contributed by atoms with Crippen molar-refractivity contribution in [3.05, 3.63) is 146 Å². The Morgan fingerprint density at radius 1 is 0.383 bits per heavy atom. The standard InChI is InChI=1S/C42H24N4O/c1-3-12-25(13-4-1)40-44-41(26-14-5-2-6-15-26)46-42(45-40)38-37-33-18-9-10-21-35(33)47-39(37)34(24-43-38)29-22-23-32-28-17-8-7-16-27(28)30-19-11-20-31(29)36(30)32/h1-24H. The molecule has 0 aliphatic heterocycles. The van der Waals surface area contributed by atoms with Crippen LogP contribution in [0.3, 0.4) is 0 Å². The third kappa shape index (κ3) is 3.90. The van der Waals surface area contributed by atoms with Gasteiger partial charge in [-0.15, -0.1) is 0 Å². The summed E-state index contributed by atoms with van der Waals surface area (Å²) < 4.78 is 6.71. The van der Waals surface area contributed by atoms with Crippen LogP contribution in [0.5, 0.6) is 0 Å². The van der Waals surface area contributed by atoms with Crippen LogP contribution in [-0.2, 0) is 0 Å². The fourth-order valence-corrected chi connectivity index (χ4v) is 7.04. The van der Waals surface area contributed by atoms with Crippen molar-refractivity contribution >= 4 is 32.7 Å². The maximum atomic E-state index is 6.71. The van der Waals surface area contributed by atoms with Crippen molar-refractivity contribution in [2.24, 2.45) is 0 Å². The second-order valence-electron chi connectivity index (χ2n) is 11.8. The Kier molecular flexibility index (Phi) is 5.51. The highest BCUT2D eigenvalue weighted by Crippen LogP contribution is 2.50. The molecule has 1 aliphatic rings. The molecule has 1 aliphatic carbocycles. The maximum absolute atomic E-state index is 6.71. The zero-order valence-electron chi connectivity index (χ0n) is 25.1. The van der Waals surface area contributed by atoms with E-state index >= 15 is 0 Å². The molecule has 10 rings (SSSR count). The molecule has 218 valence electrons. The van der Waals surface area contributed by atoms with Gasteiger partial charge in [0.15, 0.2) is 17.5 Å². The van der Waals surface area contributed by atoms with Gasteiger partial charge in [0, 0.05) is 28.3 Å². The van der Waals surface area contributed by atoms with E-state index in [1.54, 1.807) is 0 Å². The fourth-order valence-electron chi connectivity index (χ4n) is 7.04. The average molecular weight is 601 g/mol. The molecular formula is C42H24N4O. The number of rotatable bonds is 4. The van der Waals surface area contributed by atoms with E-state index in [1.165, 1.54) is 33.0 Å². The Balaban J connectivity index is 1.25. The van der Waals surface area contributed by atoms with Crippen LogP contribution in [0, 0.1) is 0 Å². The van der Waals surface area contributed by atoms with Crippen molar-refractivity contribution in [1.82, 2.24) is 19.9 Å². The normalized spacial score (nSPS) is 11.8. The van der Waals surface area contributed by atoms with E-state index in [9.17, 15) is 0 Å². The van der Waals surface area contributed by atoms with Gasteiger partial charge in [-0.3, -0.25) is 4.98 Å². The zero-order valence-corrected chi connectivity index (χ0v) is 25.1. The molecule has 0 radical (unpaired) electrons. The summed E-state index contributed by atoms with van der Waals surface area (Å²) in [6, 6.07) is 47.8. The number of pyridine rings is 1. The van der Waals surface area contributed by atoms with Crippen molar-refractivity contribution in [1.29, 1.82) is 0 Å². The molecule has 9 aromatic rings.